The van der Waals surface area contributed by atoms with Gasteiger partial charge in [-0.05, 0) is 73.9 Å². The van der Waals surface area contributed by atoms with Crippen molar-refractivity contribution in [1.29, 1.82) is 0 Å². The van der Waals surface area contributed by atoms with Crippen LogP contribution < -0.4 is 31.3 Å². The quantitative estimate of drug-likeness (QED) is 0.0828. The molecule has 15 heteroatoms. The van der Waals surface area contributed by atoms with E-state index in [0.717, 1.165) is 28.6 Å². The summed E-state index contributed by atoms with van der Waals surface area (Å²) < 4.78 is 27.7. The first-order valence-corrected chi connectivity index (χ1v) is 20.5. The van der Waals surface area contributed by atoms with E-state index >= 15 is 0 Å². The summed E-state index contributed by atoms with van der Waals surface area (Å²) in [6, 6.07) is 22.4. The Morgan fingerprint density at radius 1 is 0.836 bits per heavy atom. The van der Waals surface area contributed by atoms with E-state index in [1.165, 1.54) is 33.8 Å². The maximum Gasteiger partial charge on any atom is 0.251 e. The van der Waals surface area contributed by atoms with Crippen LogP contribution in [0.5, 0.6) is 0 Å². The fourth-order valence-corrected chi connectivity index (χ4v) is 7.26. The molecule has 6 N–H and O–H groups in total. The van der Waals surface area contributed by atoms with Crippen LogP contribution in [0, 0.1) is 0 Å². The molecule has 55 heavy (non-hydrogen) atoms. The number of anilines is 2. The highest BCUT2D eigenvalue weighted by molar-refractivity contribution is 7.92. The maximum atomic E-state index is 14.1. The van der Waals surface area contributed by atoms with Crippen LogP contribution in [0.3, 0.4) is 0 Å². The summed E-state index contributed by atoms with van der Waals surface area (Å²) in [4.78, 5) is 49.6. The highest BCUT2D eigenvalue weighted by Gasteiger charge is 2.25. The first kappa shape index (κ1) is 40.5. The Kier molecular flexibility index (Phi) is 13.7. The van der Waals surface area contributed by atoms with Gasteiger partial charge in [-0.25, -0.2) is 13.4 Å². The van der Waals surface area contributed by atoms with Gasteiger partial charge in [0.05, 0.1) is 47.8 Å². The van der Waals surface area contributed by atoms with Crippen molar-refractivity contribution in [3.8, 4) is 0 Å². The number of hydrogen-bond donors (Lipinski definition) is 5. The van der Waals surface area contributed by atoms with Crippen LogP contribution in [0.2, 0.25) is 0 Å². The topological polar surface area (TPSA) is 189 Å². The standard InChI is InChI=1S/C40H46N8O5S2/c1-26(30-12-14-34(41)15-13-30)45-38(49)28(3)43-22-35(20-36-24-54-25-44-36)47-40(51)33-17-32(39(50)46-27(2)31-11-8-16-42-21-31)18-37(19-33)48(55(4,52)53)23-29-9-6-5-7-10-29/h5-19,21,24-28,35,43H,20,22-23,41H2,1-4H3,(H,45,49)(H,46,50)(H,47,51)/t26-,27?,28+,35+/m1/s1. The highest BCUT2D eigenvalue weighted by Crippen LogP contribution is 2.25. The third kappa shape index (κ3) is 11.7. The van der Waals surface area contributed by atoms with Crippen molar-refractivity contribution < 1.29 is 22.8 Å². The van der Waals surface area contributed by atoms with Crippen LogP contribution in [0.15, 0.2) is 108 Å². The number of thiazole rings is 1. The monoisotopic (exact) mass is 782 g/mol. The largest absolute Gasteiger partial charge is 0.399 e. The molecule has 5 aromatic rings. The number of sulfonamides is 1. The second-order valence-corrected chi connectivity index (χ2v) is 16.0. The van der Waals surface area contributed by atoms with Crippen LogP contribution >= 0.6 is 11.3 Å². The third-order valence-corrected chi connectivity index (χ3v) is 10.7. The predicted octanol–water partition coefficient (Wildman–Crippen LogP) is 4.77. The lowest BCUT2D eigenvalue weighted by molar-refractivity contribution is -0.123. The van der Waals surface area contributed by atoms with Gasteiger partial charge in [-0.15, -0.1) is 11.3 Å². The summed E-state index contributed by atoms with van der Waals surface area (Å²) >= 11 is 1.42. The van der Waals surface area contributed by atoms with Gasteiger partial charge in [0.15, 0.2) is 0 Å². The molecule has 0 fully saturated rings. The first-order valence-electron chi connectivity index (χ1n) is 17.7. The van der Waals surface area contributed by atoms with E-state index in [0.29, 0.717) is 12.1 Å². The molecule has 0 saturated carbocycles. The Morgan fingerprint density at radius 3 is 2.13 bits per heavy atom. The number of hydrogen-bond acceptors (Lipinski definition) is 10. The maximum absolute atomic E-state index is 14.1. The molecule has 13 nitrogen and oxygen atoms in total. The smallest absolute Gasteiger partial charge is 0.251 e. The number of carbonyl (C=O) groups excluding carboxylic acids is 3. The van der Waals surface area contributed by atoms with Gasteiger partial charge in [-0.2, -0.15) is 0 Å². The number of pyridine rings is 1. The minimum atomic E-state index is -3.88. The van der Waals surface area contributed by atoms with Crippen molar-refractivity contribution in [2.45, 2.75) is 57.9 Å². The van der Waals surface area contributed by atoms with Crippen molar-refractivity contribution >= 4 is 50.5 Å². The number of carbonyl (C=O) groups is 3. The Bertz CT molecular complexity index is 2150. The number of benzene rings is 3. The number of amides is 3. The fourth-order valence-electron chi connectivity index (χ4n) is 5.81. The molecule has 3 amide bonds. The molecule has 0 aliphatic rings. The van der Waals surface area contributed by atoms with Crippen LogP contribution in [0.25, 0.3) is 0 Å². The number of nitrogens with two attached hydrogens (primary N) is 1. The number of nitrogens with zero attached hydrogens (tertiary/aromatic N) is 3. The van der Waals surface area contributed by atoms with Crippen LogP contribution in [-0.4, -0.2) is 61.0 Å². The summed E-state index contributed by atoms with van der Waals surface area (Å²) in [5, 5.41) is 14.1. The summed E-state index contributed by atoms with van der Waals surface area (Å²) in [6.07, 6.45) is 4.70. The summed E-state index contributed by atoms with van der Waals surface area (Å²) in [6.45, 7) is 5.60. The van der Waals surface area contributed by atoms with E-state index in [1.807, 2.05) is 36.6 Å². The Morgan fingerprint density at radius 2 is 1.51 bits per heavy atom. The third-order valence-electron chi connectivity index (χ3n) is 8.96. The van der Waals surface area contributed by atoms with E-state index < -0.39 is 40.0 Å². The molecule has 0 aliphatic heterocycles. The van der Waals surface area contributed by atoms with Gasteiger partial charge in [0.2, 0.25) is 15.9 Å². The van der Waals surface area contributed by atoms with E-state index in [2.05, 4.69) is 31.2 Å². The van der Waals surface area contributed by atoms with Gasteiger partial charge in [0, 0.05) is 53.6 Å². The first-order chi connectivity index (χ1) is 26.3. The molecule has 2 heterocycles. The van der Waals surface area contributed by atoms with Crippen molar-refractivity contribution in [3.63, 3.8) is 0 Å². The predicted molar refractivity (Wildman–Crippen MR) is 216 cm³/mol. The molecular formula is C40H46N8O5S2. The van der Waals surface area contributed by atoms with Gasteiger partial charge in [0.1, 0.15) is 0 Å². The molecule has 0 spiro atoms. The zero-order valence-corrected chi connectivity index (χ0v) is 32.7. The van der Waals surface area contributed by atoms with Crippen LogP contribution in [-0.2, 0) is 27.8 Å². The number of nitrogens with one attached hydrogen (secondary N) is 4. The van der Waals surface area contributed by atoms with Gasteiger partial charge < -0.3 is 27.0 Å². The number of aromatic nitrogens is 2. The minimum Gasteiger partial charge on any atom is -0.399 e. The SMILES string of the molecule is CC(NC(=O)c1cc(C(=O)N[C@H](CN[C@@H](C)C(=O)N[C@H](C)c2ccc(N)cc2)Cc2cscn2)cc(N(Cc2ccccc2)S(C)(=O)=O)c1)c1cccnc1. The van der Waals surface area contributed by atoms with Crippen molar-refractivity contribution in [2.75, 3.05) is 22.8 Å². The van der Waals surface area contributed by atoms with Gasteiger partial charge in [-0.3, -0.25) is 23.7 Å². The lowest BCUT2D eigenvalue weighted by Gasteiger charge is -2.25. The summed E-state index contributed by atoms with van der Waals surface area (Å²) in [5.41, 5.74) is 11.6. The Hall–Kier alpha value is -5.64. The second-order valence-electron chi connectivity index (χ2n) is 13.4. The molecule has 0 aliphatic carbocycles. The van der Waals surface area contributed by atoms with Crippen molar-refractivity contribution in [3.05, 3.63) is 142 Å². The van der Waals surface area contributed by atoms with Crippen LogP contribution in [0.4, 0.5) is 11.4 Å². The molecule has 1 unspecified atom stereocenters. The average molecular weight is 783 g/mol. The van der Waals surface area contributed by atoms with Gasteiger partial charge in [-0.1, -0.05) is 48.5 Å². The normalized spacial score (nSPS) is 13.5. The fraction of sp³-hybridized carbons (Fsp3) is 0.275. The van der Waals surface area contributed by atoms with E-state index in [9.17, 15) is 22.8 Å². The molecule has 4 atom stereocenters. The van der Waals surface area contributed by atoms with E-state index in [-0.39, 0.29) is 41.9 Å². The van der Waals surface area contributed by atoms with E-state index in [1.54, 1.807) is 74.2 Å². The Labute approximate surface area is 325 Å². The van der Waals surface area contributed by atoms with E-state index in [4.69, 9.17) is 5.73 Å². The average Bonchev–Trinajstić information content (AvgIpc) is 3.69. The molecule has 0 bridgehead atoms. The molecule has 5 rings (SSSR count). The van der Waals surface area contributed by atoms with Crippen LogP contribution in [0.1, 0.15) is 76.0 Å². The summed E-state index contributed by atoms with van der Waals surface area (Å²) in [7, 11) is -3.88. The van der Waals surface area contributed by atoms with Crippen molar-refractivity contribution in [1.82, 2.24) is 31.2 Å². The zero-order valence-electron chi connectivity index (χ0n) is 31.1. The number of nitrogen functional groups attached to an aromatic ring is 1. The molecule has 0 saturated heterocycles. The molecule has 0 radical (unpaired) electrons. The minimum absolute atomic E-state index is 0.0227. The lowest BCUT2D eigenvalue weighted by Crippen LogP contribution is -2.50. The van der Waals surface area contributed by atoms with Gasteiger partial charge in [0.25, 0.3) is 11.8 Å². The second kappa shape index (κ2) is 18.6. The summed E-state index contributed by atoms with van der Waals surface area (Å²) in [5.74, 6) is -1.28. The molecular weight excluding hydrogens is 737 g/mol. The Balaban J connectivity index is 1.40. The molecule has 288 valence electrons. The molecule has 3 aromatic carbocycles. The lowest BCUT2D eigenvalue weighted by atomic mass is 10.0. The zero-order chi connectivity index (χ0) is 39.5. The van der Waals surface area contributed by atoms with Gasteiger partial charge >= 0.3 is 0 Å². The highest BCUT2D eigenvalue weighted by atomic mass is 32.2. The van der Waals surface area contributed by atoms with Crippen molar-refractivity contribution in [2.24, 2.45) is 0 Å². The number of rotatable bonds is 17. The molecule has 2 aromatic heterocycles.